The minimum Gasteiger partial charge on any atom is -0.480 e. The van der Waals surface area contributed by atoms with Crippen LogP contribution in [0.2, 0.25) is 0 Å². The lowest BCUT2D eigenvalue weighted by Crippen LogP contribution is -2.47. The lowest BCUT2D eigenvalue weighted by molar-refractivity contribution is -0.138. The predicted octanol–water partition coefficient (Wildman–Crippen LogP) is 1.66. The average Bonchev–Trinajstić information content (AvgIpc) is 3.39. The van der Waals surface area contributed by atoms with Gasteiger partial charge in [0.15, 0.2) is 5.96 Å². The molecule has 4 aromatic rings. The number of rotatable bonds is 12. The van der Waals surface area contributed by atoms with Gasteiger partial charge >= 0.3 is 5.97 Å². The van der Waals surface area contributed by atoms with Gasteiger partial charge in [0.05, 0.1) is 10.6 Å². The number of aliphatic carboxylic acids is 1. The number of nitrogens with one attached hydrogen (secondary N) is 4. The summed E-state index contributed by atoms with van der Waals surface area (Å²) in [6.07, 6.45) is 3.75. The van der Waals surface area contributed by atoms with Gasteiger partial charge in [0.25, 0.3) is 0 Å². The highest BCUT2D eigenvalue weighted by atomic mass is 32.2. The highest BCUT2D eigenvalue weighted by Gasteiger charge is 2.26. The van der Waals surface area contributed by atoms with Crippen molar-refractivity contribution in [3.8, 4) is 0 Å². The summed E-state index contributed by atoms with van der Waals surface area (Å²) in [6, 6.07) is 12.4. The fraction of sp³-hybridized carbons (Fsp3) is 0.345. The summed E-state index contributed by atoms with van der Waals surface area (Å²) in [5, 5.41) is 20.7. The van der Waals surface area contributed by atoms with Gasteiger partial charge in [-0.3, -0.25) is 19.9 Å². The van der Waals surface area contributed by atoms with Crippen LogP contribution in [-0.2, 0) is 32.7 Å². The smallest absolute Gasteiger partial charge is 0.323 e. The van der Waals surface area contributed by atoms with Gasteiger partial charge in [0.2, 0.25) is 15.9 Å². The van der Waals surface area contributed by atoms with Crippen LogP contribution < -0.4 is 20.7 Å². The predicted molar refractivity (Wildman–Crippen MR) is 162 cm³/mol. The highest BCUT2D eigenvalue weighted by Crippen LogP contribution is 2.23. The Morgan fingerprint density at radius 2 is 1.91 bits per heavy atom. The molecule has 5 rings (SSSR count). The molecule has 1 aliphatic rings. The van der Waals surface area contributed by atoms with Crippen molar-refractivity contribution in [1.82, 2.24) is 35.2 Å². The van der Waals surface area contributed by atoms with Gasteiger partial charge in [0.1, 0.15) is 17.5 Å². The summed E-state index contributed by atoms with van der Waals surface area (Å²) < 4.78 is 30.7. The van der Waals surface area contributed by atoms with Crippen LogP contribution in [0, 0.1) is 6.92 Å². The van der Waals surface area contributed by atoms with Crippen LogP contribution in [0.3, 0.4) is 0 Å². The first-order valence-electron chi connectivity index (χ1n) is 14.1. The first kappa shape index (κ1) is 30.1. The third-order valence-corrected chi connectivity index (χ3v) is 8.57. The van der Waals surface area contributed by atoms with E-state index < -0.39 is 22.0 Å². The van der Waals surface area contributed by atoms with Crippen molar-refractivity contribution < 1.29 is 23.1 Å². The Hall–Kier alpha value is -4.40. The van der Waals surface area contributed by atoms with Crippen molar-refractivity contribution in [3.05, 3.63) is 66.2 Å². The molecule has 0 unspecified atom stereocenters. The molecule has 3 heterocycles. The zero-order valence-corrected chi connectivity index (χ0v) is 24.5. The molecule has 0 saturated heterocycles. The average molecular weight is 607 g/mol. The number of carbonyl (C=O) groups excluding carboxylic acids is 1. The summed E-state index contributed by atoms with van der Waals surface area (Å²) in [5.41, 5.74) is 1.36. The number of aryl methyl sites for hydroxylation is 2. The fourth-order valence-electron chi connectivity index (χ4n) is 4.98. The molecule has 0 spiro atoms. The Morgan fingerprint density at radius 1 is 1.09 bits per heavy atom. The number of carboxylic acid groups (broad SMARTS) is 1. The largest absolute Gasteiger partial charge is 0.480 e. The molecule has 0 radical (unpaired) electrons. The van der Waals surface area contributed by atoms with Crippen molar-refractivity contribution in [3.63, 3.8) is 0 Å². The molecule has 43 heavy (non-hydrogen) atoms. The summed E-state index contributed by atoms with van der Waals surface area (Å²) in [6.45, 7) is 3.86. The molecular weight excluding hydrogens is 572 g/mol. The van der Waals surface area contributed by atoms with E-state index in [0.717, 1.165) is 23.7 Å². The number of hydrogen-bond acceptors (Lipinski definition) is 9. The lowest BCUT2D eigenvalue weighted by atomic mass is 10.1. The number of benzene rings is 2. The van der Waals surface area contributed by atoms with Crippen molar-refractivity contribution >= 4 is 49.7 Å². The lowest BCUT2D eigenvalue weighted by Gasteiger charge is -2.17. The molecule has 1 aliphatic heterocycles. The topological polar surface area (TPSA) is 180 Å². The maximum absolute atomic E-state index is 13.2. The number of sulfonamides is 1. The second-order valence-electron chi connectivity index (χ2n) is 10.2. The summed E-state index contributed by atoms with van der Waals surface area (Å²) in [4.78, 5) is 37.7. The maximum atomic E-state index is 13.2. The zero-order chi connectivity index (χ0) is 30.4. The SMILES string of the molecule is Cc1nc(CNC[C@H](NS(=O)(=O)c2cccc3ccccc23)C(=O)O)c2ccn(CCCC(=O)NC3=NCCCN3)c2n1. The molecule has 1 amide bonds. The first-order chi connectivity index (χ1) is 20.7. The van der Waals surface area contributed by atoms with Crippen LogP contribution in [0.1, 0.15) is 30.8 Å². The Labute approximate surface area is 248 Å². The fourth-order valence-corrected chi connectivity index (χ4v) is 6.40. The molecule has 13 nitrogen and oxygen atoms in total. The normalized spacial score (nSPS) is 14.3. The van der Waals surface area contributed by atoms with Crippen molar-refractivity contribution in [2.75, 3.05) is 19.6 Å². The second-order valence-corrected chi connectivity index (χ2v) is 11.9. The van der Waals surface area contributed by atoms with E-state index >= 15 is 0 Å². The van der Waals surface area contributed by atoms with E-state index in [2.05, 4.69) is 35.6 Å². The van der Waals surface area contributed by atoms with E-state index in [-0.39, 0.29) is 23.9 Å². The second kappa shape index (κ2) is 13.3. The highest BCUT2D eigenvalue weighted by molar-refractivity contribution is 7.89. The Morgan fingerprint density at radius 3 is 2.70 bits per heavy atom. The number of aliphatic imine (C=N–C) groups is 1. The molecule has 5 N–H and O–H groups in total. The minimum atomic E-state index is -4.13. The van der Waals surface area contributed by atoms with Crippen LogP contribution in [0.5, 0.6) is 0 Å². The van der Waals surface area contributed by atoms with E-state index in [4.69, 9.17) is 0 Å². The number of carbonyl (C=O) groups is 2. The molecule has 1 atom stereocenters. The van der Waals surface area contributed by atoms with Gasteiger partial charge in [0, 0.05) is 56.1 Å². The van der Waals surface area contributed by atoms with Gasteiger partial charge in [-0.2, -0.15) is 4.72 Å². The number of carboxylic acids is 1. The molecule has 14 heteroatoms. The first-order valence-corrected chi connectivity index (χ1v) is 15.5. The van der Waals surface area contributed by atoms with Crippen molar-refractivity contribution in [1.29, 1.82) is 0 Å². The number of hydrogen-bond donors (Lipinski definition) is 5. The van der Waals surface area contributed by atoms with Gasteiger partial charge < -0.3 is 20.3 Å². The summed E-state index contributed by atoms with van der Waals surface area (Å²) in [7, 11) is -4.13. The Balaban J connectivity index is 1.21. The number of aromatic nitrogens is 3. The van der Waals surface area contributed by atoms with E-state index in [9.17, 15) is 23.1 Å². The molecule has 0 aliphatic carbocycles. The maximum Gasteiger partial charge on any atom is 0.323 e. The van der Waals surface area contributed by atoms with Gasteiger partial charge in [-0.05, 0) is 37.3 Å². The van der Waals surface area contributed by atoms with Crippen LogP contribution in [-0.4, -0.2) is 71.6 Å². The number of nitrogens with zero attached hydrogens (tertiary/aromatic N) is 4. The van der Waals surface area contributed by atoms with Gasteiger partial charge in [-0.1, -0.05) is 36.4 Å². The molecule has 2 aromatic carbocycles. The van der Waals surface area contributed by atoms with Crippen LogP contribution in [0.4, 0.5) is 0 Å². The van der Waals surface area contributed by atoms with Crippen molar-refractivity contribution in [2.24, 2.45) is 4.99 Å². The third kappa shape index (κ3) is 7.34. The van der Waals surface area contributed by atoms with Gasteiger partial charge in [-0.15, -0.1) is 0 Å². The van der Waals surface area contributed by atoms with Crippen LogP contribution in [0.25, 0.3) is 21.8 Å². The Kier molecular flexibility index (Phi) is 9.28. The van der Waals surface area contributed by atoms with Crippen molar-refractivity contribution in [2.45, 2.75) is 50.2 Å². The monoisotopic (exact) mass is 606 g/mol. The third-order valence-electron chi connectivity index (χ3n) is 7.04. The number of fused-ring (bicyclic) bond motifs is 2. The summed E-state index contributed by atoms with van der Waals surface area (Å²) in [5.74, 6) is -0.351. The number of guanidine groups is 1. The molecule has 0 fully saturated rings. The Bertz CT molecular complexity index is 1780. The molecule has 226 valence electrons. The standard InChI is InChI=1S/C29H34N8O5S/c1-19-33-23(22-12-16-37(27(22)34-19)15-5-11-26(38)35-29-31-13-6-14-32-29)17-30-18-24(28(39)40)36-43(41,42)25-10-4-8-20-7-2-3-9-21(20)25/h2-4,7-10,12,16,24,30,36H,5-6,11,13-15,17-18H2,1H3,(H,39,40)(H2,31,32,35,38)/t24-/m0/s1. The minimum absolute atomic E-state index is 0.0169. The van der Waals surface area contributed by atoms with E-state index in [1.165, 1.54) is 6.07 Å². The van der Waals surface area contributed by atoms with E-state index in [0.29, 0.717) is 54.4 Å². The van der Waals surface area contributed by atoms with E-state index in [1.54, 1.807) is 43.3 Å². The van der Waals surface area contributed by atoms with Crippen LogP contribution in [0.15, 0.2) is 64.6 Å². The molecular formula is C29H34N8O5S. The molecule has 0 bridgehead atoms. The summed E-state index contributed by atoms with van der Waals surface area (Å²) >= 11 is 0. The van der Waals surface area contributed by atoms with Gasteiger partial charge in [-0.25, -0.2) is 18.4 Å². The molecule has 0 saturated carbocycles. The number of amides is 1. The quantitative estimate of drug-likeness (QED) is 0.160. The van der Waals surface area contributed by atoms with E-state index in [1.807, 2.05) is 16.8 Å². The molecule has 2 aromatic heterocycles. The zero-order valence-electron chi connectivity index (χ0n) is 23.7. The van der Waals surface area contributed by atoms with Crippen LogP contribution >= 0.6 is 0 Å².